The maximum atomic E-state index is 12.4. The molecule has 0 aliphatic carbocycles. The largest absolute Gasteiger partial charge is 0.307 e. The van der Waals surface area contributed by atoms with E-state index in [2.05, 4.69) is 36.2 Å². The molecule has 2 aromatic heterocycles. The zero-order valence-electron chi connectivity index (χ0n) is 11.5. The van der Waals surface area contributed by atoms with Gasteiger partial charge in [0.25, 0.3) is 0 Å². The van der Waals surface area contributed by atoms with Gasteiger partial charge in [-0.3, -0.25) is 4.68 Å². The Hall–Kier alpha value is -1.49. The third kappa shape index (κ3) is 3.59. The van der Waals surface area contributed by atoms with Crippen LogP contribution in [0.15, 0.2) is 27.8 Å². The van der Waals surface area contributed by atoms with Gasteiger partial charge in [0.05, 0.1) is 5.69 Å². The van der Waals surface area contributed by atoms with Crippen molar-refractivity contribution in [1.82, 2.24) is 19.5 Å². The van der Waals surface area contributed by atoms with Gasteiger partial charge in [-0.25, -0.2) is 24.0 Å². The summed E-state index contributed by atoms with van der Waals surface area (Å²) in [6.45, 7) is 1.95. The van der Waals surface area contributed by atoms with Crippen LogP contribution in [0.3, 0.4) is 0 Å². The number of hydrazine groups is 1. The van der Waals surface area contributed by atoms with Gasteiger partial charge in [0, 0.05) is 36.0 Å². The number of anilines is 1. The zero-order chi connectivity index (χ0) is 15.6. The Morgan fingerprint density at radius 2 is 2.19 bits per heavy atom. The van der Waals surface area contributed by atoms with Crippen molar-refractivity contribution in [3.8, 4) is 0 Å². The molecule has 8 nitrogen and oxygen atoms in total. The number of nitrogens with zero attached hydrogens (tertiary/aromatic N) is 3. The lowest BCUT2D eigenvalue weighted by atomic mass is 10.3. The first-order valence-electron chi connectivity index (χ1n) is 5.94. The third-order valence-electron chi connectivity index (χ3n) is 2.81. The highest BCUT2D eigenvalue weighted by molar-refractivity contribution is 9.10. The second-order valence-electron chi connectivity index (χ2n) is 4.38. The molecule has 4 N–H and O–H groups in total. The summed E-state index contributed by atoms with van der Waals surface area (Å²) >= 11 is 3.19. The molecule has 10 heteroatoms. The topological polar surface area (TPSA) is 115 Å². The van der Waals surface area contributed by atoms with E-state index in [1.165, 1.54) is 12.3 Å². The molecule has 21 heavy (non-hydrogen) atoms. The van der Waals surface area contributed by atoms with Crippen LogP contribution < -0.4 is 16.0 Å². The summed E-state index contributed by atoms with van der Waals surface area (Å²) < 4.78 is 29.4. The molecule has 0 aliphatic heterocycles. The maximum Gasteiger partial charge on any atom is 0.244 e. The Kier molecular flexibility index (Phi) is 4.61. The van der Waals surface area contributed by atoms with Crippen molar-refractivity contribution in [3.63, 3.8) is 0 Å². The third-order valence-corrected chi connectivity index (χ3v) is 4.66. The van der Waals surface area contributed by atoms with E-state index in [0.29, 0.717) is 4.47 Å². The fourth-order valence-corrected chi connectivity index (χ4v) is 3.44. The van der Waals surface area contributed by atoms with Crippen molar-refractivity contribution >= 4 is 31.8 Å². The van der Waals surface area contributed by atoms with Crippen LogP contribution in [0.1, 0.15) is 11.3 Å². The van der Waals surface area contributed by atoms with Gasteiger partial charge in [0.1, 0.15) is 4.90 Å². The monoisotopic (exact) mass is 374 g/mol. The fraction of sp³-hybridized carbons (Fsp3) is 0.273. The first kappa shape index (κ1) is 15.9. The predicted molar refractivity (Wildman–Crippen MR) is 81.7 cm³/mol. The van der Waals surface area contributed by atoms with Gasteiger partial charge in [-0.15, -0.1) is 0 Å². The lowest BCUT2D eigenvalue weighted by molar-refractivity contribution is 0.581. The minimum absolute atomic E-state index is 0.0269. The van der Waals surface area contributed by atoms with Crippen molar-refractivity contribution in [2.24, 2.45) is 12.9 Å². The minimum Gasteiger partial charge on any atom is -0.307 e. The van der Waals surface area contributed by atoms with Crippen LogP contribution in [-0.4, -0.2) is 23.2 Å². The molecule has 2 rings (SSSR count). The van der Waals surface area contributed by atoms with E-state index in [0.717, 1.165) is 11.3 Å². The van der Waals surface area contributed by atoms with Crippen molar-refractivity contribution in [1.29, 1.82) is 0 Å². The van der Waals surface area contributed by atoms with Crippen LogP contribution in [0.4, 0.5) is 5.82 Å². The van der Waals surface area contributed by atoms with Crippen LogP contribution in [0.25, 0.3) is 0 Å². The molecule has 0 aromatic carbocycles. The first-order valence-corrected chi connectivity index (χ1v) is 8.22. The van der Waals surface area contributed by atoms with Crippen molar-refractivity contribution in [2.75, 3.05) is 5.43 Å². The molecule has 2 heterocycles. The van der Waals surface area contributed by atoms with Gasteiger partial charge in [-0.1, -0.05) is 0 Å². The molecule has 0 aliphatic rings. The molecule has 0 atom stereocenters. The number of sulfonamides is 1. The first-order chi connectivity index (χ1) is 9.83. The highest BCUT2D eigenvalue weighted by Crippen LogP contribution is 2.22. The molecule has 0 amide bonds. The summed E-state index contributed by atoms with van der Waals surface area (Å²) in [6, 6.07) is 1.43. The van der Waals surface area contributed by atoms with Crippen LogP contribution in [0.2, 0.25) is 0 Å². The number of nitrogen functional groups attached to an aromatic ring is 1. The highest BCUT2D eigenvalue weighted by Gasteiger charge is 2.20. The van der Waals surface area contributed by atoms with E-state index in [9.17, 15) is 8.42 Å². The number of pyridine rings is 1. The summed E-state index contributed by atoms with van der Waals surface area (Å²) in [5, 5.41) is 4.16. The minimum atomic E-state index is -3.75. The van der Waals surface area contributed by atoms with Crippen LogP contribution in [0, 0.1) is 6.92 Å². The SMILES string of the molecule is Cc1nn(C)cc1CNS(=O)(=O)c1cc(Br)cnc1NN. The molecule has 0 bridgehead atoms. The highest BCUT2D eigenvalue weighted by atomic mass is 79.9. The number of halogens is 1. The van der Waals surface area contributed by atoms with E-state index < -0.39 is 10.0 Å². The Labute approximate surface area is 130 Å². The Balaban J connectivity index is 2.26. The average Bonchev–Trinajstić information content (AvgIpc) is 2.75. The quantitative estimate of drug-likeness (QED) is 0.522. The van der Waals surface area contributed by atoms with E-state index in [-0.39, 0.29) is 17.3 Å². The standard InChI is InChI=1S/C11H15BrN6O2S/c1-7-8(6-18(2)17-7)4-15-21(19,20)10-3-9(12)5-14-11(10)16-13/h3,5-6,15H,4,13H2,1-2H3,(H,14,16). The number of aromatic nitrogens is 3. The molecule has 0 spiro atoms. The second kappa shape index (κ2) is 6.10. The summed E-state index contributed by atoms with van der Waals surface area (Å²) in [4.78, 5) is 3.89. The van der Waals surface area contributed by atoms with E-state index in [4.69, 9.17) is 5.84 Å². The smallest absolute Gasteiger partial charge is 0.244 e. The summed E-state index contributed by atoms with van der Waals surface area (Å²) in [7, 11) is -1.98. The Morgan fingerprint density at radius 3 is 2.76 bits per heavy atom. The van der Waals surface area contributed by atoms with Crippen LogP contribution in [0.5, 0.6) is 0 Å². The van der Waals surface area contributed by atoms with Gasteiger partial charge in [0.2, 0.25) is 10.0 Å². The zero-order valence-corrected chi connectivity index (χ0v) is 13.9. The summed E-state index contributed by atoms with van der Waals surface area (Å²) in [6.07, 6.45) is 3.22. The maximum absolute atomic E-state index is 12.4. The number of rotatable bonds is 5. The number of hydrogen-bond donors (Lipinski definition) is 3. The normalized spacial score (nSPS) is 11.6. The molecule has 0 fully saturated rings. The molecule has 0 saturated carbocycles. The summed E-state index contributed by atoms with van der Waals surface area (Å²) in [5.74, 6) is 5.38. The molecular formula is C11H15BrN6O2S. The number of hydrogen-bond acceptors (Lipinski definition) is 6. The van der Waals surface area contributed by atoms with Crippen LogP contribution in [-0.2, 0) is 23.6 Å². The van der Waals surface area contributed by atoms with Gasteiger partial charge in [0.15, 0.2) is 5.82 Å². The number of nitrogens with one attached hydrogen (secondary N) is 2. The average molecular weight is 375 g/mol. The molecule has 2 aromatic rings. The second-order valence-corrected chi connectivity index (χ2v) is 7.03. The van der Waals surface area contributed by atoms with E-state index >= 15 is 0 Å². The van der Waals surface area contributed by atoms with E-state index in [1.54, 1.807) is 17.9 Å². The molecular weight excluding hydrogens is 360 g/mol. The van der Waals surface area contributed by atoms with Gasteiger partial charge < -0.3 is 5.43 Å². The predicted octanol–water partition coefficient (Wildman–Crippen LogP) is 0.650. The molecule has 0 radical (unpaired) electrons. The van der Waals surface area contributed by atoms with Crippen molar-refractivity contribution in [2.45, 2.75) is 18.4 Å². The van der Waals surface area contributed by atoms with Gasteiger partial charge in [-0.05, 0) is 28.9 Å². The number of nitrogens with two attached hydrogens (primary N) is 1. The van der Waals surface area contributed by atoms with Gasteiger partial charge in [-0.2, -0.15) is 5.10 Å². The van der Waals surface area contributed by atoms with Gasteiger partial charge >= 0.3 is 0 Å². The van der Waals surface area contributed by atoms with Crippen LogP contribution >= 0.6 is 15.9 Å². The van der Waals surface area contributed by atoms with Crippen molar-refractivity contribution in [3.05, 3.63) is 34.2 Å². The Morgan fingerprint density at radius 1 is 1.48 bits per heavy atom. The molecule has 0 saturated heterocycles. The number of aryl methyl sites for hydroxylation is 2. The summed E-state index contributed by atoms with van der Waals surface area (Å²) in [5.41, 5.74) is 3.84. The Bertz CT molecular complexity index is 758. The molecule has 0 unspecified atom stereocenters. The van der Waals surface area contributed by atoms with E-state index in [1.807, 2.05) is 6.92 Å². The molecule has 114 valence electrons. The fourth-order valence-electron chi connectivity index (χ4n) is 1.81. The van der Waals surface area contributed by atoms with Crippen molar-refractivity contribution < 1.29 is 8.42 Å². The lowest BCUT2D eigenvalue weighted by Gasteiger charge is -2.10. The lowest BCUT2D eigenvalue weighted by Crippen LogP contribution is -2.25.